The molecule has 0 aliphatic rings. The Kier molecular flexibility index (Phi) is 4.86. The number of rotatable bonds is 3. The first-order valence-electron chi connectivity index (χ1n) is 5.54. The molecule has 0 bridgehead atoms. The van der Waals surface area contributed by atoms with E-state index in [4.69, 9.17) is 23.2 Å². The molecule has 2 aromatic rings. The Bertz CT molecular complexity index is 579. The van der Waals surface area contributed by atoms with Gasteiger partial charge in [0, 0.05) is 11.0 Å². The van der Waals surface area contributed by atoms with Gasteiger partial charge in [-0.25, -0.2) is 0 Å². The molecule has 2 aromatic carbocycles. The van der Waals surface area contributed by atoms with Crippen molar-refractivity contribution >= 4 is 45.0 Å². The zero-order chi connectivity index (χ0) is 13.8. The first kappa shape index (κ1) is 14.4. The van der Waals surface area contributed by atoms with Crippen LogP contribution in [0.3, 0.4) is 0 Å². The second-order valence-corrected chi connectivity index (χ2v) is 5.64. The molecule has 19 heavy (non-hydrogen) atoms. The van der Waals surface area contributed by atoms with Crippen LogP contribution < -0.4 is 5.32 Å². The van der Waals surface area contributed by atoms with Crippen molar-refractivity contribution in [3.63, 3.8) is 0 Å². The summed E-state index contributed by atoms with van der Waals surface area (Å²) in [5, 5.41) is 3.49. The van der Waals surface area contributed by atoms with Crippen LogP contribution in [0.1, 0.15) is 15.9 Å². The topological polar surface area (TPSA) is 29.1 Å². The average Bonchev–Trinajstić information content (AvgIpc) is 2.38. The zero-order valence-corrected chi connectivity index (χ0v) is 12.9. The number of halogens is 3. The summed E-state index contributed by atoms with van der Waals surface area (Å²) in [6.45, 7) is 0.424. The van der Waals surface area contributed by atoms with Crippen LogP contribution in [0, 0.1) is 0 Å². The number of amides is 1. The largest absolute Gasteiger partial charge is 0.348 e. The first-order valence-corrected chi connectivity index (χ1v) is 7.09. The molecule has 0 aliphatic carbocycles. The summed E-state index contributed by atoms with van der Waals surface area (Å²) >= 11 is 15.3. The van der Waals surface area contributed by atoms with E-state index in [9.17, 15) is 4.79 Å². The molecule has 0 spiro atoms. The van der Waals surface area contributed by atoms with Gasteiger partial charge in [0.25, 0.3) is 5.91 Å². The number of carbonyl (C=O) groups excluding carboxylic acids is 1. The van der Waals surface area contributed by atoms with Crippen molar-refractivity contribution in [3.05, 3.63) is 68.1 Å². The maximum Gasteiger partial charge on any atom is 0.254 e. The van der Waals surface area contributed by atoms with E-state index in [0.29, 0.717) is 22.2 Å². The molecule has 98 valence electrons. The Labute approximate surface area is 129 Å². The molecular weight excluding hydrogens is 349 g/mol. The van der Waals surface area contributed by atoms with E-state index in [1.165, 1.54) is 0 Å². The molecule has 1 amide bonds. The third-order valence-electron chi connectivity index (χ3n) is 2.56. The lowest BCUT2D eigenvalue weighted by molar-refractivity contribution is 0.0951. The molecule has 0 saturated carbocycles. The smallest absolute Gasteiger partial charge is 0.254 e. The predicted octanol–water partition coefficient (Wildman–Crippen LogP) is 4.69. The van der Waals surface area contributed by atoms with E-state index in [-0.39, 0.29) is 5.91 Å². The van der Waals surface area contributed by atoms with Crippen molar-refractivity contribution in [1.82, 2.24) is 5.32 Å². The summed E-state index contributed by atoms with van der Waals surface area (Å²) in [5.41, 5.74) is 1.31. The van der Waals surface area contributed by atoms with Gasteiger partial charge in [-0.2, -0.15) is 0 Å². The molecule has 0 aliphatic heterocycles. The van der Waals surface area contributed by atoms with Crippen LogP contribution in [-0.2, 0) is 6.54 Å². The molecule has 0 unspecified atom stereocenters. The van der Waals surface area contributed by atoms with Crippen molar-refractivity contribution in [1.29, 1.82) is 0 Å². The summed E-state index contributed by atoms with van der Waals surface area (Å²) in [4.78, 5) is 12.0. The van der Waals surface area contributed by atoms with E-state index in [1.54, 1.807) is 18.2 Å². The van der Waals surface area contributed by atoms with Gasteiger partial charge in [0.15, 0.2) is 0 Å². The van der Waals surface area contributed by atoms with E-state index in [2.05, 4.69) is 21.2 Å². The van der Waals surface area contributed by atoms with Gasteiger partial charge in [0.05, 0.1) is 15.6 Å². The molecule has 0 aromatic heterocycles. The van der Waals surface area contributed by atoms with E-state index in [0.717, 1.165) is 10.0 Å². The molecule has 0 saturated heterocycles. The number of hydrogen-bond donors (Lipinski definition) is 1. The molecule has 0 atom stereocenters. The SMILES string of the molecule is O=C(NCc1ccc(Br)cc1)c1c(Cl)cccc1Cl. The van der Waals surface area contributed by atoms with E-state index in [1.807, 2.05) is 24.3 Å². The molecule has 5 heteroatoms. The van der Waals surface area contributed by atoms with Crippen LogP contribution >= 0.6 is 39.1 Å². The van der Waals surface area contributed by atoms with Gasteiger partial charge in [-0.05, 0) is 29.8 Å². The van der Waals surface area contributed by atoms with Crippen LogP contribution in [0.4, 0.5) is 0 Å². The Balaban J connectivity index is 2.07. The number of hydrogen-bond acceptors (Lipinski definition) is 1. The summed E-state index contributed by atoms with van der Waals surface area (Å²) < 4.78 is 0.997. The van der Waals surface area contributed by atoms with Crippen LogP contribution in [0.25, 0.3) is 0 Å². The zero-order valence-electron chi connectivity index (χ0n) is 9.79. The third kappa shape index (κ3) is 3.72. The fourth-order valence-corrected chi connectivity index (χ4v) is 2.42. The fourth-order valence-electron chi connectivity index (χ4n) is 1.59. The number of nitrogens with one attached hydrogen (secondary N) is 1. The normalized spacial score (nSPS) is 10.3. The average molecular weight is 359 g/mol. The number of benzene rings is 2. The third-order valence-corrected chi connectivity index (χ3v) is 3.71. The maximum absolute atomic E-state index is 12.0. The Morgan fingerprint density at radius 1 is 1.05 bits per heavy atom. The molecule has 1 N–H and O–H groups in total. The maximum atomic E-state index is 12.0. The Morgan fingerprint density at radius 3 is 2.21 bits per heavy atom. The van der Waals surface area contributed by atoms with Crippen LogP contribution in [0.2, 0.25) is 10.0 Å². The molecule has 2 nitrogen and oxygen atoms in total. The molecule has 0 fully saturated rings. The van der Waals surface area contributed by atoms with Crippen molar-refractivity contribution < 1.29 is 4.79 Å². The standard InChI is InChI=1S/C14H10BrCl2NO/c15-10-6-4-9(5-7-10)8-18-14(19)13-11(16)2-1-3-12(13)17/h1-7H,8H2,(H,18,19). The monoisotopic (exact) mass is 357 g/mol. The minimum absolute atomic E-state index is 0.279. The van der Waals surface area contributed by atoms with Gasteiger partial charge in [-0.15, -0.1) is 0 Å². The Hall–Kier alpha value is -1.03. The van der Waals surface area contributed by atoms with Crippen molar-refractivity contribution in [3.8, 4) is 0 Å². The van der Waals surface area contributed by atoms with Crippen molar-refractivity contribution in [2.45, 2.75) is 6.54 Å². The lowest BCUT2D eigenvalue weighted by atomic mass is 10.2. The van der Waals surface area contributed by atoms with Gasteiger partial charge >= 0.3 is 0 Å². The molecule has 0 radical (unpaired) electrons. The Morgan fingerprint density at radius 2 is 1.63 bits per heavy atom. The summed E-state index contributed by atoms with van der Waals surface area (Å²) in [7, 11) is 0. The molecule has 0 heterocycles. The lowest BCUT2D eigenvalue weighted by Crippen LogP contribution is -2.23. The van der Waals surface area contributed by atoms with Crippen LogP contribution in [0.15, 0.2) is 46.9 Å². The van der Waals surface area contributed by atoms with Gasteiger partial charge < -0.3 is 5.32 Å². The molecule has 2 rings (SSSR count). The minimum atomic E-state index is -0.279. The highest BCUT2D eigenvalue weighted by molar-refractivity contribution is 9.10. The highest BCUT2D eigenvalue weighted by atomic mass is 79.9. The van der Waals surface area contributed by atoms with Crippen molar-refractivity contribution in [2.24, 2.45) is 0 Å². The summed E-state index contributed by atoms with van der Waals surface area (Å²) in [6, 6.07) is 12.7. The highest BCUT2D eigenvalue weighted by Crippen LogP contribution is 2.24. The van der Waals surface area contributed by atoms with E-state index >= 15 is 0 Å². The van der Waals surface area contributed by atoms with Gasteiger partial charge in [-0.3, -0.25) is 4.79 Å². The second-order valence-electron chi connectivity index (χ2n) is 3.91. The van der Waals surface area contributed by atoms with Crippen LogP contribution in [-0.4, -0.2) is 5.91 Å². The predicted molar refractivity (Wildman–Crippen MR) is 81.8 cm³/mol. The second kappa shape index (κ2) is 6.42. The quantitative estimate of drug-likeness (QED) is 0.847. The van der Waals surface area contributed by atoms with Crippen LogP contribution in [0.5, 0.6) is 0 Å². The first-order chi connectivity index (χ1) is 9.08. The van der Waals surface area contributed by atoms with Gasteiger partial charge in [-0.1, -0.05) is 57.3 Å². The lowest BCUT2D eigenvalue weighted by Gasteiger charge is -2.08. The fraction of sp³-hybridized carbons (Fsp3) is 0.0714. The minimum Gasteiger partial charge on any atom is -0.348 e. The number of carbonyl (C=O) groups is 1. The summed E-state index contributed by atoms with van der Waals surface area (Å²) in [5.74, 6) is -0.279. The van der Waals surface area contributed by atoms with E-state index < -0.39 is 0 Å². The summed E-state index contributed by atoms with van der Waals surface area (Å²) in [6.07, 6.45) is 0. The van der Waals surface area contributed by atoms with Gasteiger partial charge in [0.1, 0.15) is 0 Å². The van der Waals surface area contributed by atoms with Crippen molar-refractivity contribution in [2.75, 3.05) is 0 Å². The van der Waals surface area contributed by atoms with Gasteiger partial charge in [0.2, 0.25) is 0 Å². The highest BCUT2D eigenvalue weighted by Gasteiger charge is 2.13. The molecular formula is C14H10BrCl2NO.